The minimum absolute atomic E-state index is 0.239. The molecule has 0 radical (unpaired) electrons. The molecule has 2 aromatic heterocycles. The van der Waals surface area contributed by atoms with Crippen LogP contribution in [-0.2, 0) is 6.61 Å². The van der Waals surface area contributed by atoms with Gasteiger partial charge in [0.2, 0.25) is 0 Å². The first-order chi connectivity index (χ1) is 17.0. The van der Waals surface area contributed by atoms with Gasteiger partial charge >= 0.3 is 0 Å². The quantitative estimate of drug-likeness (QED) is 0.264. The van der Waals surface area contributed by atoms with Gasteiger partial charge < -0.3 is 15.2 Å². The van der Waals surface area contributed by atoms with Crippen LogP contribution in [0.4, 0.5) is 11.5 Å². The molecule has 0 aliphatic rings. The highest BCUT2D eigenvalue weighted by Crippen LogP contribution is 2.38. The van der Waals surface area contributed by atoms with Gasteiger partial charge in [-0.2, -0.15) is 0 Å². The zero-order valence-corrected chi connectivity index (χ0v) is 20.2. The predicted octanol–water partition coefficient (Wildman–Crippen LogP) is 6.82. The minimum atomic E-state index is 0.239. The van der Waals surface area contributed by atoms with Crippen LogP contribution in [0.2, 0.25) is 0 Å². The summed E-state index contributed by atoms with van der Waals surface area (Å²) >= 11 is 1.59. The second-order valence-electron chi connectivity index (χ2n) is 8.14. The molecule has 3 aromatic carbocycles. The van der Waals surface area contributed by atoms with Crippen LogP contribution in [0.1, 0.15) is 16.8 Å². The summed E-state index contributed by atoms with van der Waals surface area (Å²) in [6, 6.07) is 25.2. The fraction of sp³-hybridized carbons (Fsp3) is 0.107. The monoisotopic (exact) mass is 480 g/mol. The highest BCUT2D eigenvalue weighted by molar-refractivity contribution is 7.99. The summed E-state index contributed by atoms with van der Waals surface area (Å²) in [4.78, 5) is 15.3. The van der Waals surface area contributed by atoms with E-state index in [0.717, 1.165) is 37.9 Å². The van der Waals surface area contributed by atoms with E-state index < -0.39 is 0 Å². The molecule has 0 bridgehead atoms. The van der Waals surface area contributed by atoms with Crippen molar-refractivity contribution in [3.05, 3.63) is 102 Å². The smallest absolute Gasteiger partial charge is 0.164 e. The molecule has 2 N–H and O–H groups in total. The van der Waals surface area contributed by atoms with Crippen molar-refractivity contribution < 1.29 is 9.84 Å². The Labute approximate surface area is 208 Å². The van der Waals surface area contributed by atoms with Crippen molar-refractivity contribution >= 4 is 34.3 Å². The molecule has 0 amide bonds. The molecule has 174 valence electrons. The first kappa shape index (κ1) is 22.7. The third kappa shape index (κ3) is 5.36. The summed E-state index contributed by atoms with van der Waals surface area (Å²) in [5, 5.41) is 14.0. The minimum Gasteiger partial charge on any atom is -0.508 e. The average Bonchev–Trinajstić information content (AvgIpc) is 2.86. The summed E-state index contributed by atoms with van der Waals surface area (Å²) in [5.74, 6) is 1.66. The molecule has 5 aromatic rings. The second-order valence-corrected chi connectivity index (χ2v) is 9.26. The lowest BCUT2D eigenvalue weighted by atomic mass is 10.1. The molecule has 0 saturated heterocycles. The second kappa shape index (κ2) is 10.0. The number of fused-ring (bicyclic) bond motifs is 1. The van der Waals surface area contributed by atoms with E-state index in [9.17, 15) is 5.11 Å². The average molecular weight is 481 g/mol. The SMILES string of the molecule is Cc1ccc2c(Nc3cc(OCc4ccccc4C)ccc3Sc3ccc(O)cc3)ncnc2n1. The Kier molecular flexibility index (Phi) is 6.50. The van der Waals surface area contributed by atoms with E-state index in [1.165, 1.54) is 11.9 Å². The molecule has 2 heterocycles. The molecule has 0 aliphatic heterocycles. The highest BCUT2D eigenvalue weighted by Gasteiger charge is 2.12. The number of hydrogen-bond donors (Lipinski definition) is 2. The fourth-order valence-corrected chi connectivity index (χ4v) is 4.51. The van der Waals surface area contributed by atoms with Gasteiger partial charge in [0.25, 0.3) is 0 Å². The van der Waals surface area contributed by atoms with Crippen molar-refractivity contribution in [2.45, 2.75) is 30.2 Å². The molecule has 0 atom stereocenters. The van der Waals surface area contributed by atoms with Gasteiger partial charge in [-0.3, -0.25) is 0 Å². The molecule has 0 unspecified atom stereocenters. The topological polar surface area (TPSA) is 80.2 Å². The summed E-state index contributed by atoms with van der Waals surface area (Å²) < 4.78 is 6.15. The van der Waals surface area contributed by atoms with E-state index in [1.807, 2.05) is 61.5 Å². The molecule has 35 heavy (non-hydrogen) atoms. The maximum absolute atomic E-state index is 9.64. The molecule has 6 nitrogen and oxygen atoms in total. The number of phenols is 1. The van der Waals surface area contributed by atoms with Gasteiger partial charge in [0.15, 0.2) is 5.65 Å². The molecule has 0 spiro atoms. The zero-order valence-electron chi connectivity index (χ0n) is 19.4. The largest absolute Gasteiger partial charge is 0.508 e. The van der Waals surface area contributed by atoms with Crippen LogP contribution in [0.3, 0.4) is 0 Å². The Hall–Kier alpha value is -4.10. The van der Waals surface area contributed by atoms with Gasteiger partial charge in [-0.05, 0) is 73.5 Å². The Balaban J connectivity index is 1.48. The number of aryl methyl sites for hydroxylation is 2. The van der Waals surface area contributed by atoms with E-state index in [4.69, 9.17) is 4.74 Å². The Morgan fingerprint density at radius 1 is 0.914 bits per heavy atom. The molecule has 0 saturated carbocycles. The van der Waals surface area contributed by atoms with E-state index in [2.05, 4.69) is 39.3 Å². The van der Waals surface area contributed by atoms with Crippen molar-refractivity contribution in [1.29, 1.82) is 0 Å². The molecule has 0 fully saturated rings. The summed E-state index contributed by atoms with van der Waals surface area (Å²) in [6.07, 6.45) is 1.52. The van der Waals surface area contributed by atoms with E-state index in [-0.39, 0.29) is 5.75 Å². The zero-order chi connectivity index (χ0) is 24.2. The number of pyridine rings is 1. The normalized spacial score (nSPS) is 10.9. The first-order valence-electron chi connectivity index (χ1n) is 11.2. The van der Waals surface area contributed by atoms with Crippen molar-refractivity contribution in [1.82, 2.24) is 15.0 Å². The van der Waals surface area contributed by atoms with E-state index in [0.29, 0.717) is 18.1 Å². The summed E-state index contributed by atoms with van der Waals surface area (Å²) in [5.41, 5.74) is 4.74. The van der Waals surface area contributed by atoms with Crippen molar-refractivity contribution in [2.24, 2.45) is 0 Å². The van der Waals surface area contributed by atoms with Gasteiger partial charge in [-0.15, -0.1) is 0 Å². The van der Waals surface area contributed by atoms with Crippen LogP contribution in [0.5, 0.6) is 11.5 Å². The number of benzene rings is 3. The molecule has 5 rings (SSSR count). The third-order valence-corrected chi connectivity index (χ3v) is 6.64. The van der Waals surface area contributed by atoms with Crippen LogP contribution in [0, 0.1) is 13.8 Å². The summed E-state index contributed by atoms with van der Waals surface area (Å²) in [6.45, 7) is 4.51. The summed E-state index contributed by atoms with van der Waals surface area (Å²) in [7, 11) is 0. The lowest BCUT2D eigenvalue weighted by Gasteiger charge is -2.15. The number of phenolic OH excluding ortho intramolecular Hbond substituents is 1. The lowest BCUT2D eigenvalue weighted by Crippen LogP contribution is -2.01. The fourth-order valence-electron chi connectivity index (χ4n) is 3.62. The molecular formula is C28H24N4O2S. The number of rotatable bonds is 7. The van der Waals surface area contributed by atoms with Crippen LogP contribution in [0.15, 0.2) is 95.0 Å². The van der Waals surface area contributed by atoms with Gasteiger partial charge in [0.05, 0.1) is 11.1 Å². The lowest BCUT2D eigenvalue weighted by molar-refractivity contribution is 0.305. The Morgan fingerprint density at radius 2 is 1.74 bits per heavy atom. The molecule has 7 heteroatoms. The predicted molar refractivity (Wildman–Crippen MR) is 140 cm³/mol. The Bertz CT molecular complexity index is 1490. The van der Waals surface area contributed by atoms with Gasteiger partial charge in [-0.25, -0.2) is 15.0 Å². The Morgan fingerprint density at radius 3 is 2.57 bits per heavy atom. The number of anilines is 2. The van der Waals surface area contributed by atoms with Crippen molar-refractivity contribution in [3.63, 3.8) is 0 Å². The van der Waals surface area contributed by atoms with Crippen LogP contribution < -0.4 is 10.1 Å². The van der Waals surface area contributed by atoms with Crippen LogP contribution in [-0.4, -0.2) is 20.1 Å². The van der Waals surface area contributed by atoms with Gasteiger partial charge in [-0.1, -0.05) is 36.0 Å². The van der Waals surface area contributed by atoms with E-state index >= 15 is 0 Å². The van der Waals surface area contributed by atoms with E-state index in [1.54, 1.807) is 23.9 Å². The maximum Gasteiger partial charge on any atom is 0.164 e. The van der Waals surface area contributed by atoms with Gasteiger partial charge in [0.1, 0.15) is 30.3 Å². The standard InChI is InChI=1S/C28H24N4O2S/c1-18-5-3-4-6-20(18)16-34-22-10-14-26(35-23-11-8-21(33)9-12-23)25(15-22)32-28-24-13-7-19(2)31-27(24)29-17-30-28/h3-15,17,33H,16H2,1-2H3,(H,29,30,31,32). The van der Waals surface area contributed by atoms with Crippen LogP contribution in [0.25, 0.3) is 11.0 Å². The molecular weight excluding hydrogens is 456 g/mol. The van der Waals surface area contributed by atoms with Crippen molar-refractivity contribution in [2.75, 3.05) is 5.32 Å². The number of aromatic nitrogens is 3. The number of nitrogens with one attached hydrogen (secondary N) is 1. The number of ether oxygens (including phenoxy) is 1. The maximum atomic E-state index is 9.64. The third-order valence-electron chi connectivity index (χ3n) is 5.56. The molecule has 0 aliphatic carbocycles. The number of nitrogens with zero attached hydrogens (tertiary/aromatic N) is 3. The number of hydrogen-bond acceptors (Lipinski definition) is 7. The van der Waals surface area contributed by atoms with Gasteiger partial charge in [0, 0.05) is 21.6 Å². The number of aromatic hydroxyl groups is 1. The van der Waals surface area contributed by atoms with Crippen molar-refractivity contribution in [3.8, 4) is 11.5 Å². The highest BCUT2D eigenvalue weighted by atomic mass is 32.2. The van der Waals surface area contributed by atoms with Crippen LogP contribution >= 0.6 is 11.8 Å². The first-order valence-corrected chi connectivity index (χ1v) is 12.0.